The lowest BCUT2D eigenvalue weighted by molar-refractivity contribution is -0.111. The number of nitrogens with one attached hydrogen (secondary N) is 2. The van der Waals surface area contributed by atoms with Crippen molar-refractivity contribution < 1.29 is 9.21 Å². The van der Waals surface area contributed by atoms with Crippen LogP contribution in [-0.4, -0.2) is 15.9 Å². The number of benzene rings is 1. The van der Waals surface area contributed by atoms with Crippen LogP contribution in [0.4, 0.5) is 5.69 Å². The minimum atomic E-state index is -0.281. The molecule has 3 rings (SSSR count). The third-order valence-electron chi connectivity index (χ3n) is 3.43. The van der Waals surface area contributed by atoms with E-state index >= 15 is 0 Å². The second-order valence-electron chi connectivity index (χ2n) is 5.59. The van der Waals surface area contributed by atoms with Crippen molar-refractivity contribution in [1.29, 1.82) is 0 Å². The fourth-order valence-electron chi connectivity index (χ4n) is 2.34. The van der Waals surface area contributed by atoms with E-state index in [-0.39, 0.29) is 11.5 Å². The van der Waals surface area contributed by atoms with E-state index in [9.17, 15) is 9.59 Å². The molecule has 1 aromatic carbocycles. The second-order valence-corrected chi connectivity index (χ2v) is 5.59. The van der Waals surface area contributed by atoms with Crippen LogP contribution in [-0.2, 0) is 4.79 Å². The summed E-state index contributed by atoms with van der Waals surface area (Å²) in [5.74, 6) is 1.58. The van der Waals surface area contributed by atoms with Gasteiger partial charge in [0.1, 0.15) is 17.3 Å². The van der Waals surface area contributed by atoms with Gasteiger partial charge in [-0.2, -0.15) is 0 Å². The highest BCUT2D eigenvalue weighted by Gasteiger charge is 2.05. The van der Waals surface area contributed by atoms with E-state index in [1.165, 1.54) is 12.1 Å². The molecule has 0 radical (unpaired) electrons. The van der Waals surface area contributed by atoms with Crippen LogP contribution in [0.15, 0.2) is 57.8 Å². The number of amides is 1. The molecule has 0 fully saturated rings. The summed E-state index contributed by atoms with van der Waals surface area (Å²) in [6, 6.07) is 12.2. The number of carbonyl (C=O) groups is 1. The Hall–Kier alpha value is -3.41. The first-order valence-electron chi connectivity index (χ1n) is 7.73. The van der Waals surface area contributed by atoms with Gasteiger partial charge in [0.25, 0.3) is 5.56 Å². The Balaban J connectivity index is 1.76. The minimum absolute atomic E-state index is 0.214. The first-order chi connectivity index (χ1) is 12.0. The van der Waals surface area contributed by atoms with Gasteiger partial charge in [-0.1, -0.05) is 12.1 Å². The molecule has 0 aliphatic carbocycles. The predicted octanol–water partition coefficient (Wildman–Crippen LogP) is 3.30. The molecule has 25 heavy (non-hydrogen) atoms. The van der Waals surface area contributed by atoms with Crippen molar-refractivity contribution in [3.63, 3.8) is 0 Å². The summed E-state index contributed by atoms with van der Waals surface area (Å²) in [5.41, 5.74) is 1.73. The van der Waals surface area contributed by atoms with Gasteiger partial charge < -0.3 is 14.7 Å². The van der Waals surface area contributed by atoms with Crippen molar-refractivity contribution in [2.75, 3.05) is 5.32 Å². The van der Waals surface area contributed by atoms with Crippen molar-refractivity contribution in [3.05, 3.63) is 76.1 Å². The molecule has 0 saturated heterocycles. The van der Waals surface area contributed by atoms with Gasteiger partial charge in [0.2, 0.25) is 5.91 Å². The van der Waals surface area contributed by atoms with E-state index in [1.807, 2.05) is 19.1 Å². The van der Waals surface area contributed by atoms with Crippen LogP contribution < -0.4 is 10.9 Å². The number of H-pyrrole nitrogens is 1. The molecule has 0 saturated carbocycles. The van der Waals surface area contributed by atoms with E-state index in [0.717, 1.165) is 5.76 Å². The van der Waals surface area contributed by atoms with E-state index in [4.69, 9.17) is 4.42 Å². The molecule has 0 aliphatic heterocycles. The van der Waals surface area contributed by atoms with E-state index in [0.29, 0.717) is 28.5 Å². The monoisotopic (exact) mass is 335 g/mol. The number of rotatable bonds is 4. The molecule has 2 N–H and O–H groups in total. The minimum Gasteiger partial charge on any atom is -0.462 e. The zero-order valence-electron chi connectivity index (χ0n) is 13.9. The lowest BCUT2D eigenvalue weighted by atomic mass is 10.2. The van der Waals surface area contributed by atoms with Gasteiger partial charge in [0.15, 0.2) is 0 Å². The van der Waals surface area contributed by atoms with Crippen LogP contribution in [0.3, 0.4) is 0 Å². The summed E-state index contributed by atoms with van der Waals surface area (Å²) in [7, 11) is 0. The Morgan fingerprint density at radius 3 is 2.76 bits per heavy atom. The Morgan fingerprint density at radius 1 is 1.20 bits per heavy atom. The summed E-state index contributed by atoms with van der Waals surface area (Å²) in [6.07, 6.45) is 3.00. The number of nitrogens with zero attached hydrogens (tertiary/aromatic N) is 1. The summed E-state index contributed by atoms with van der Waals surface area (Å²) >= 11 is 0. The number of carbonyl (C=O) groups excluding carboxylic acids is 1. The van der Waals surface area contributed by atoms with Crippen LogP contribution in [0.1, 0.15) is 17.2 Å². The van der Waals surface area contributed by atoms with Gasteiger partial charge in [-0.25, -0.2) is 4.98 Å². The molecule has 6 heteroatoms. The van der Waals surface area contributed by atoms with Gasteiger partial charge in [0, 0.05) is 29.1 Å². The first kappa shape index (κ1) is 16.4. The van der Waals surface area contributed by atoms with E-state index in [2.05, 4.69) is 15.3 Å². The first-order valence-corrected chi connectivity index (χ1v) is 7.73. The maximum atomic E-state index is 12.0. The zero-order valence-corrected chi connectivity index (χ0v) is 13.9. The number of furan rings is 1. The number of hydrogen-bond acceptors (Lipinski definition) is 4. The largest absolute Gasteiger partial charge is 0.462 e. The van der Waals surface area contributed by atoms with Crippen molar-refractivity contribution in [3.8, 4) is 11.4 Å². The molecule has 0 spiro atoms. The third-order valence-corrected chi connectivity index (χ3v) is 3.43. The lowest BCUT2D eigenvalue weighted by Crippen LogP contribution is -2.10. The highest BCUT2D eigenvalue weighted by atomic mass is 16.3. The molecule has 1 amide bonds. The van der Waals surface area contributed by atoms with Gasteiger partial charge in [-0.15, -0.1) is 0 Å². The molecule has 0 unspecified atom stereocenters. The van der Waals surface area contributed by atoms with Gasteiger partial charge in [0.05, 0.1) is 0 Å². The van der Waals surface area contributed by atoms with Gasteiger partial charge in [-0.05, 0) is 44.2 Å². The van der Waals surface area contributed by atoms with Crippen LogP contribution in [0, 0.1) is 13.8 Å². The van der Waals surface area contributed by atoms with Gasteiger partial charge in [-0.3, -0.25) is 9.59 Å². The zero-order chi connectivity index (χ0) is 17.8. The second kappa shape index (κ2) is 7.00. The standard InChI is InChI=1S/C19H17N3O3/c1-12-10-18(24)22-19(20-12)14-4-3-5-15(11-14)21-17(23)9-8-16-7-6-13(2)25-16/h3-11H,1-2H3,(H,21,23)(H,20,22,24). The lowest BCUT2D eigenvalue weighted by Gasteiger charge is -2.06. The van der Waals surface area contributed by atoms with Crippen molar-refractivity contribution in [1.82, 2.24) is 9.97 Å². The average molecular weight is 335 g/mol. The number of aromatic amines is 1. The molecule has 0 bridgehead atoms. The topological polar surface area (TPSA) is 88.0 Å². The van der Waals surface area contributed by atoms with Crippen LogP contribution >= 0.6 is 0 Å². The number of aryl methyl sites for hydroxylation is 2. The quantitative estimate of drug-likeness (QED) is 0.716. The van der Waals surface area contributed by atoms with Crippen LogP contribution in [0.25, 0.3) is 17.5 Å². The van der Waals surface area contributed by atoms with Gasteiger partial charge >= 0.3 is 0 Å². The number of aromatic nitrogens is 2. The van der Waals surface area contributed by atoms with E-state index in [1.54, 1.807) is 37.3 Å². The molecular formula is C19H17N3O3. The molecule has 126 valence electrons. The highest BCUT2D eigenvalue weighted by molar-refractivity contribution is 6.02. The molecule has 2 heterocycles. The maximum Gasteiger partial charge on any atom is 0.251 e. The van der Waals surface area contributed by atoms with Crippen LogP contribution in [0.2, 0.25) is 0 Å². The normalized spacial score (nSPS) is 11.0. The van der Waals surface area contributed by atoms with Crippen LogP contribution in [0.5, 0.6) is 0 Å². The molecule has 2 aromatic heterocycles. The summed E-state index contributed by atoms with van der Waals surface area (Å²) in [5, 5.41) is 2.77. The Bertz CT molecular complexity index is 999. The Labute approximate surface area is 144 Å². The Kier molecular flexibility index (Phi) is 4.61. The summed E-state index contributed by atoms with van der Waals surface area (Å²) < 4.78 is 5.37. The maximum absolute atomic E-state index is 12.0. The van der Waals surface area contributed by atoms with E-state index < -0.39 is 0 Å². The fourth-order valence-corrected chi connectivity index (χ4v) is 2.34. The smallest absolute Gasteiger partial charge is 0.251 e. The summed E-state index contributed by atoms with van der Waals surface area (Å²) in [6.45, 7) is 3.60. The fraction of sp³-hybridized carbons (Fsp3) is 0.105. The molecule has 6 nitrogen and oxygen atoms in total. The number of hydrogen-bond donors (Lipinski definition) is 2. The third kappa shape index (κ3) is 4.32. The molecular weight excluding hydrogens is 318 g/mol. The highest BCUT2D eigenvalue weighted by Crippen LogP contribution is 2.19. The molecule has 3 aromatic rings. The number of anilines is 1. The Morgan fingerprint density at radius 2 is 2.04 bits per heavy atom. The average Bonchev–Trinajstić information content (AvgIpc) is 2.98. The summed E-state index contributed by atoms with van der Waals surface area (Å²) in [4.78, 5) is 30.6. The SMILES string of the molecule is Cc1cc(=O)[nH]c(-c2cccc(NC(=O)C=Cc3ccc(C)o3)c2)n1. The van der Waals surface area contributed by atoms with Crippen molar-refractivity contribution in [2.45, 2.75) is 13.8 Å². The molecule has 0 aliphatic rings. The van der Waals surface area contributed by atoms with Crippen molar-refractivity contribution in [2.24, 2.45) is 0 Å². The molecule has 0 atom stereocenters. The van der Waals surface area contributed by atoms with Crippen molar-refractivity contribution >= 4 is 17.7 Å². The predicted molar refractivity (Wildman–Crippen MR) is 96.1 cm³/mol.